The number of hydrogen-bond donors (Lipinski definition) is 0. The van der Waals surface area contributed by atoms with E-state index < -0.39 is 0 Å². The topological polar surface area (TPSA) is 0 Å². The molecule has 1 aromatic rings. The van der Waals surface area contributed by atoms with Crippen molar-refractivity contribution in [2.45, 2.75) is 6.42 Å². The lowest BCUT2D eigenvalue weighted by Gasteiger charge is -2.10. The molecule has 14 heavy (non-hydrogen) atoms. The molecule has 0 radical (unpaired) electrons. The summed E-state index contributed by atoms with van der Waals surface area (Å²) in [6.07, 6.45) is 0.852. The Balaban J connectivity index is 2.72. The minimum absolute atomic E-state index is 0.183. The van der Waals surface area contributed by atoms with Gasteiger partial charge < -0.3 is 0 Å². The van der Waals surface area contributed by atoms with Crippen molar-refractivity contribution in [1.82, 2.24) is 0 Å². The highest BCUT2D eigenvalue weighted by Crippen LogP contribution is 2.19. The van der Waals surface area contributed by atoms with Gasteiger partial charge in [-0.25, -0.2) is 4.39 Å². The van der Waals surface area contributed by atoms with Crippen molar-refractivity contribution in [2.24, 2.45) is 5.92 Å². The van der Waals surface area contributed by atoms with E-state index in [9.17, 15) is 4.39 Å². The van der Waals surface area contributed by atoms with Crippen LogP contribution in [-0.4, -0.2) is 10.7 Å². The molecular weight excluding hydrogens is 334 g/mol. The van der Waals surface area contributed by atoms with Crippen LogP contribution in [0.3, 0.4) is 0 Å². The zero-order valence-electron chi connectivity index (χ0n) is 7.44. The highest BCUT2D eigenvalue weighted by molar-refractivity contribution is 9.09. The summed E-state index contributed by atoms with van der Waals surface area (Å²) < 4.78 is 13.1. The first-order valence-corrected chi connectivity index (χ1v) is 6.85. The van der Waals surface area contributed by atoms with Gasteiger partial charge in [0.1, 0.15) is 5.82 Å². The lowest BCUT2D eigenvalue weighted by Crippen LogP contribution is -2.07. The van der Waals surface area contributed by atoms with Crippen molar-refractivity contribution in [3.05, 3.63) is 34.6 Å². The molecule has 0 atom stereocenters. The monoisotopic (exact) mass is 342 g/mol. The van der Waals surface area contributed by atoms with E-state index in [1.807, 2.05) is 6.07 Å². The second-order valence-corrected chi connectivity index (χ2v) is 4.83. The fourth-order valence-corrected chi connectivity index (χ4v) is 2.80. The molecule has 0 saturated heterocycles. The van der Waals surface area contributed by atoms with Gasteiger partial charge in [0.15, 0.2) is 0 Å². The van der Waals surface area contributed by atoms with E-state index in [4.69, 9.17) is 11.6 Å². The highest BCUT2D eigenvalue weighted by atomic mass is 79.9. The minimum atomic E-state index is -0.341. The number of rotatable bonds is 4. The molecule has 1 aromatic carbocycles. The number of hydrogen-bond acceptors (Lipinski definition) is 0. The predicted molar refractivity (Wildman–Crippen MR) is 66.2 cm³/mol. The smallest absolute Gasteiger partial charge is 0.142 e. The summed E-state index contributed by atoms with van der Waals surface area (Å²) in [5.74, 6) is 0.141. The summed E-state index contributed by atoms with van der Waals surface area (Å²) in [7, 11) is 0. The fourth-order valence-electron chi connectivity index (χ4n) is 1.15. The van der Waals surface area contributed by atoms with Crippen LogP contribution in [0.25, 0.3) is 0 Å². The van der Waals surface area contributed by atoms with Crippen LogP contribution in [0.2, 0.25) is 5.02 Å². The Morgan fingerprint density at radius 2 is 1.93 bits per heavy atom. The molecule has 4 heteroatoms. The molecular formula is C10H10Br2ClF. The normalized spacial score (nSPS) is 10.9. The van der Waals surface area contributed by atoms with Crippen LogP contribution in [0, 0.1) is 11.7 Å². The van der Waals surface area contributed by atoms with E-state index in [1.165, 1.54) is 6.07 Å². The van der Waals surface area contributed by atoms with E-state index in [-0.39, 0.29) is 10.8 Å². The molecule has 0 unspecified atom stereocenters. The predicted octanol–water partition coefficient (Wildman–Crippen LogP) is 4.43. The molecule has 0 amide bonds. The van der Waals surface area contributed by atoms with Gasteiger partial charge in [-0.2, -0.15) is 0 Å². The van der Waals surface area contributed by atoms with Gasteiger partial charge in [0.25, 0.3) is 0 Å². The van der Waals surface area contributed by atoms with Gasteiger partial charge in [-0.1, -0.05) is 49.5 Å². The van der Waals surface area contributed by atoms with Crippen LogP contribution in [0.4, 0.5) is 4.39 Å². The van der Waals surface area contributed by atoms with Crippen molar-refractivity contribution in [1.29, 1.82) is 0 Å². The van der Waals surface area contributed by atoms with Crippen LogP contribution in [0.1, 0.15) is 5.56 Å². The van der Waals surface area contributed by atoms with E-state index in [0.717, 1.165) is 22.6 Å². The average molecular weight is 344 g/mol. The summed E-state index contributed by atoms with van der Waals surface area (Å²) in [6, 6.07) is 4.97. The van der Waals surface area contributed by atoms with Crippen molar-refractivity contribution in [3.63, 3.8) is 0 Å². The Kier molecular flexibility index (Phi) is 5.42. The quantitative estimate of drug-likeness (QED) is 0.709. The van der Waals surface area contributed by atoms with E-state index >= 15 is 0 Å². The van der Waals surface area contributed by atoms with Crippen molar-refractivity contribution in [3.8, 4) is 0 Å². The molecule has 78 valence electrons. The minimum Gasteiger partial charge on any atom is -0.205 e. The number of benzene rings is 1. The Labute approximate surface area is 105 Å². The lowest BCUT2D eigenvalue weighted by atomic mass is 10.0. The zero-order valence-corrected chi connectivity index (χ0v) is 11.4. The number of halogens is 4. The average Bonchev–Trinajstić information content (AvgIpc) is 2.19. The van der Waals surface area contributed by atoms with Crippen LogP contribution < -0.4 is 0 Å². The molecule has 0 saturated carbocycles. The molecule has 0 aromatic heterocycles. The maximum absolute atomic E-state index is 13.1. The summed E-state index contributed by atoms with van der Waals surface area (Å²) >= 11 is 12.4. The summed E-state index contributed by atoms with van der Waals surface area (Å²) in [6.45, 7) is 0. The van der Waals surface area contributed by atoms with Crippen LogP contribution in [0.15, 0.2) is 18.2 Å². The SMILES string of the molecule is Fc1cc(CC(CBr)CBr)ccc1Cl. The Hall–Kier alpha value is 0.400. The molecule has 0 spiro atoms. The summed E-state index contributed by atoms with van der Waals surface area (Å²) in [5, 5.41) is 1.99. The molecule has 0 aliphatic rings. The van der Waals surface area contributed by atoms with Crippen LogP contribution in [0.5, 0.6) is 0 Å². The fraction of sp³-hybridized carbons (Fsp3) is 0.400. The summed E-state index contributed by atoms with van der Waals surface area (Å²) in [4.78, 5) is 0. The lowest BCUT2D eigenvalue weighted by molar-refractivity contribution is 0.619. The van der Waals surface area contributed by atoms with E-state index in [2.05, 4.69) is 31.9 Å². The van der Waals surface area contributed by atoms with E-state index in [0.29, 0.717) is 5.92 Å². The zero-order chi connectivity index (χ0) is 10.6. The van der Waals surface area contributed by atoms with Gasteiger partial charge in [-0.15, -0.1) is 0 Å². The molecule has 0 fully saturated rings. The van der Waals surface area contributed by atoms with E-state index in [1.54, 1.807) is 6.07 Å². The van der Waals surface area contributed by atoms with Gasteiger partial charge in [0.05, 0.1) is 5.02 Å². The third-order valence-corrected chi connectivity index (χ3v) is 4.08. The third-order valence-electron chi connectivity index (χ3n) is 1.94. The van der Waals surface area contributed by atoms with Gasteiger partial charge in [0, 0.05) is 10.7 Å². The molecule has 0 aliphatic heterocycles. The largest absolute Gasteiger partial charge is 0.205 e. The van der Waals surface area contributed by atoms with Crippen molar-refractivity contribution < 1.29 is 4.39 Å². The molecule has 0 heterocycles. The van der Waals surface area contributed by atoms with Crippen LogP contribution >= 0.6 is 43.5 Å². The number of alkyl halides is 2. The Morgan fingerprint density at radius 3 is 2.43 bits per heavy atom. The maximum atomic E-state index is 13.1. The molecule has 0 aliphatic carbocycles. The summed E-state index contributed by atoms with van der Waals surface area (Å²) in [5.41, 5.74) is 0.982. The Morgan fingerprint density at radius 1 is 1.29 bits per heavy atom. The van der Waals surface area contributed by atoms with Crippen molar-refractivity contribution in [2.75, 3.05) is 10.7 Å². The van der Waals surface area contributed by atoms with Gasteiger partial charge in [0.2, 0.25) is 0 Å². The van der Waals surface area contributed by atoms with Gasteiger partial charge in [-0.05, 0) is 30.0 Å². The molecule has 0 N–H and O–H groups in total. The van der Waals surface area contributed by atoms with Gasteiger partial charge in [-0.3, -0.25) is 0 Å². The first-order valence-electron chi connectivity index (χ1n) is 4.23. The van der Waals surface area contributed by atoms with Crippen molar-refractivity contribution >= 4 is 43.5 Å². The van der Waals surface area contributed by atoms with Crippen LogP contribution in [-0.2, 0) is 6.42 Å². The first-order chi connectivity index (χ1) is 6.67. The second kappa shape index (κ2) is 6.09. The third kappa shape index (κ3) is 3.52. The van der Waals surface area contributed by atoms with Gasteiger partial charge >= 0.3 is 0 Å². The highest BCUT2D eigenvalue weighted by Gasteiger charge is 2.08. The maximum Gasteiger partial charge on any atom is 0.142 e. The molecule has 1 rings (SSSR count). The Bertz CT molecular complexity index is 300. The second-order valence-electron chi connectivity index (χ2n) is 3.13. The molecule has 0 bridgehead atoms. The first kappa shape index (κ1) is 12.5. The molecule has 0 nitrogen and oxygen atoms in total. The standard InChI is InChI=1S/C10H10Br2ClF/c11-5-8(6-12)3-7-1-2-9(13)10(14)4-7/h1-2,4,8H,3,5-6H2.